The van der Waals surface area contributed by atoms with Gasteiger partial charge in [-0.1, -0.05) is 36.4 Å². The topological polar surface area (TPSA) is 178 Å². The maximum atomic E-state index is 13.0. The number of carbonyl (C=O) groups excluding carboxylic acids is 3. The number of anilines is 1. The molecule has 2 aromatic rings. The van der Waals surface area contributed by atoms with Crippen LogP contribution in [-0.2, 0) is 20.9 Å². The molecule has 1 heterocycles. The average molecular weight is 511 g/mol. The number of hydrogen-bond donors (Lipinski definition) is 5. The molecule has 6 N–H and O–H groups in total. The van der Waals surface area contributed by atoms with Crippen LogP contribution in [0.3, 0.4) is 0 Å². The minimum atomic E-state index is -1.06. The maximum absolute atomic E-state index is 13.0. The Morgan fingerprint density at radius 1 is 1.03 bits per heavy atom. The number of carbonyl (C=O) groups is 4. The number of nitrogens with zero attached hydrogens (tertiary/aromatic N) is 2. The van der Waals surface area contributed by atoms with Crippen LogP contribution in [0, 0.1) is 5.41 Å². The molecule has 1 unspecified atom stereocenters. The Labute approximate surface area is 213 Å². The smallest absolute Gasteiger partial charge is 0.410 e. The fraction of sp³-hybridized carbons (Fsp3) is 0.320. The van der Waals surface area contributed by atoms with Crippen molar-refractivity contribution in [3.63, 3.8) is 0 Å². The first kappa shape index (κ1) is 27.1. The summed E-state index contributed by atoms with van der Waals surface area (Å²) < 4.78 is 5.36. The van der Waals surface area contributed by atoms with Crippen molar-refractivity contribution in [3.05, 3.63) is 65.7 Å². The van der Waals surface area contributed by atoms with E-state index in [1.807, 2.05) is 30.3 Å². The number of benzene rings is 2. The highest BCUT2D eigenvalue weighted by Gasteiger charge is 2.33. The van der Waals surface area contributed by atoms with E-state index < -0.39 is 29.9 Å². The van der Waals surface area contributed by atoms with Gasteiger partial charge in [0.1, 0.15) is 18.5 Å². The van der Waals surface area contributed by atoms with E-state index in [9.17, 15) is 19.2 Å². The van der Waals surface area contributed by atoms with Gasteiger partial charge < -0.3 is 31.1 Å². The number of carboxylic acid groups (broad SMARTS) is 1. The Hall–Kier alpha value is -4.45. The second-order valence-corrected chi connectivity index (χ2v) is 8.39. The van der Waals surface area contributed by atoms with Gasteiger partial charge in [-0.05, 0) is 23.8 Å². The summed E-state index contributed by atoms with van der Waals surface area (Å²) in [6, 6.07) is 14.4. The van der Waals surface area contributed by atoms with Crippen LogP contribution in [-0.4, -0.2) is 83.4 Å². The van der Waals surface area contributed by atoms with E-state index in [1.165, 1.54) is 12.1 Å². The number of aliphatic carboxylic acids is 1. The minimum absolute atomic E-state index is 0.0249. The van der Waals surface area contributed by atoms with E-state index in [-0.39, 0.29) is 31.0 Å². The fourth-order valence-corrected chi connectivity index (χ4v) is 3.81. The third kappa shape index (κ3) is 8.04. The molecule has 0 bridgehead atoms. The Morgan fingerprint density at radius 2 is 1.73 bits per heavy atom. The normalized spacial score (nSPS) is 14.3. The molecule has 0 spiro atoms. The summed E-state index contributed by atoms with van der Waals surface area (Å²) in [7, 11) is 0. The number of amides is 3. The predicted octanol–water partition coefficient (Wildman–Crippen LogP) is 1.09. The molecule has 12 nitrogen and oxygen atoms in total. The fourth-order valence-electron chi connectivity index (χ4n) is 3.81. The van der Waals surface area contributed by atoms with Crippen molar-refractivity contribution >= 4 is 35.4 Å². The lowest BCUT2D eigenvalue weighted by molar-refractivity contribution is -0.136. The highest BCUT2D eigenvalue weighted by atomic mass is 16.6. The summed E-state index contributed by atoms with van der Waals surface area (Å²) in [6.07, 6.45) is -0.661. The van der Waals surface area contributed by atoms with E-state index in [2.05, 4.69) is 10.6 Å². The standard InChI is InChI=1S/C25H30N6O6/c26-22(27)21(24(35)29-19-8-4-7-18(15-19)23(34)28-10-9-20(32)33)30-11-13-31(14-12-30)25(36)37-16-17-5-2-1-3-6-17/h1-8,15,21H,9-14,16H2,(H3,26,27)(H,28,34)(H,29,35)(H,32,33). The summed E-state index contributed by atoms with van der Waals surface area (Å²) >= 11 is 0. The minimum Gasteiger partial charge on any atom is -0.481 e. The molecule has 196 valence electrons. The van der Waals surface area contributed by atoms with Crippen LogP contribution in [0.1, 0.15) is 22.3 Å². The highest BCUT2D eigenvalue weighted by Crippen LogP contribution is 2.14. The van der Waals surface area contributed by atoms with Gasteiger partial charge in [0.05, 0.1) is 6.42 Å². The summed E-state index contributed by atoms with van der Waals surface area (Å²) in [4.78, 5) is 51.5. The summed E-state index contributed by atoms with van der Waals surface area (Å²) in [5.41, 5.74) is 7.19. The zero-order chi connectivity index (χ0) is 26.8. The van der Waals surface area contributed by atoms with Crippen molar-refractivity contribution in [2.24, 2.45) is 5.73 Å². The molecule has 1 aliphatic rings. The molecule has 2 aromatic carbocycles. The maximum Gasteiger partial charge on any atom is 0.410 e. The molecule has 0 aliphatic carbocycles. The van der Waals surface area contributed by atoms with Crippen molar-refractivity contribution in [1.29, 1.82) is 5.41 Å². The van der Waals surface area contributed by atoms with Gasteiger partial charge in [-0.3, -0.25) is 24.7 Å². The first-order chi connectivity index (χ1) is 17.7. The second-order valence-electron chi connectivity index (χ2n) is 8.39. The lowest BCUT2D eigenvalue weighted by Crippen LogP contribution is -2.58. The third-order valence-corrected chi connectivity index (χ3v) is 5.70. The van der Waals surface area contributed by atoms with Gasteiger partial charge in [0.2, 0.25) is 5.91 Å². The van der Waals surface area contributed by atoms with E-state index >= 15 is 0 Å². The molecular weight excluding hydrogens is 480 g/mol. The average Bonchev–Trinajstić information content (AvgIpc) is 2.88. The Balaban J connectivity index is 1.54. The van der Waals surface area contributed by atoms with Crippen molar-refractivity contribution in [1.82, 2.24) is 15.1 Å². The molecule has 1 fully saturated rings. The molecule has 0 radical (unpaired) electrons. The van der Waals surface area contributed by atoms with Gasteiger partial charge in [0, 0.05) is 44.0 Å². The Kier molecular flexibility index (Phi) is 9.55. The van der Waals surface area contributed by atoms with Crippen molar-refractivity contribution in [2.75, 3.05) is 38.0 Å². The van der Waals surface area contributed by atoms with Crippen LogP contribution in [0.15, 0.2) is 54.6 Å². The first-order valence-electron chi connectivity index (χ1n) is 11.7. The highest BCUT2D eigenvalue weighted by molar-refractivity contribution is 6.10. The van der Waals surface area contributed by atoms with Gasteiger partial charge >= 0.3 is 12.1 Å². The second kappa shape index (κ2) is 13.0. The summed E-state index contributed by atoms with van der Waals surface area (Å²) in [6.45, 7) is 1.36. The third-order valence-electron chi connectivity index (χ3n) is 5.70. The molecule has 37 heavy (non-hydrogen) atoms. The van der Waals surface area contributed by atoms with Crippen molar-refractivity contribution in [3.8, 4) is 0 Å². The van der Waals surface area contributed by atoms with Crippen LogP contribution < -0.4 is 16.4 Å². The summed E-state index contributed by atoms with van der Waals surface area (Å²) in [5, 5.41) is 21.8. The van der Waals surface area contributed by atoms with Crippen molar-refractivity contribution in [2.45, 2.75) is 19.1 Å². The van der Waals surface area contributed by atoms with Gasteiger partial charge in [-0.2, -0.15) is 0 Å². The molecule has 3 rings (SSSR count). The van der Waals surface area contributed by atoms with Gasteiger partial charge in [-0.15, -0.1) is 0 Å². The molecule has 1 aliphatic heterocycles. The van der Waals surface area contributed by atoms with Gasteiger partial charge in [-0.25, -0.2) is 4.79 Å². The number of nitrogens with two attached hydrogens (primary N) is 1. The van der Waals surface area contributed by atoms with Gasteiger partial charge in [0.15, 0.2) is 0 Å². The number of carboxylic acids is 1. The molecule has 12 heteroatoms. The van der Waals surface area contributed by atoms with Crippen LogP contribution in [0.25, 0.3) is 0 Å². The molecule has 1 saturated heterocycles. The number of ether oxygens (including phenoxy) is 1. The number of hydrogen-bond acceptors (Lipinski definition) is 7. The number of rotatable bonds is 10. The van der Waals surface area contributed by atoms with Crippen LogP contribution in [0.2, 0.25) is 0 Å². The predicted molar refractivity (Wildman–Crippen MR) is 135 cm³/mol. The Bertz CT molecular complexity index is 1130. The van der Waals surface area contributed by atoms with Crippen LogP contribution in [0.5, 0.6) is 0 Å². The van der Waals surface area contributed by atoms with Crippen LogP contribution >= 0.6 is 0 Å². The lowest BCUT2D eigenvalue weighted by atomic mass is 10.1. The zero-order valence-electron chi connectivity index (χ0n) is 20.2. The van der Waals surface area contributed by atoms with Crippen LogP contribution in [0.4, 0.5) is 10.5 Å². The first-order valence-corrected chi connectivity index (χ1v) is 11.7. The monoisotopic (exact) mass is 510 g/mol. The largest absolute Gasteiger partial charge is 0.481 e. The molecule has 0 aromatic heterocycles. The molecule has 0 saturated carbocycles. The Morgan fingerprint density at radius 3 is 2.38 bits per heavy atom. The van der Waals surface area contributed by atoms with E-state index in [4.69, 9.17) is 21.0 Å². The SMILES string of the molecule is N=C(N)C(C(=O)Nc1cccc(C(=O)NCCC(=O)O)c1)N1CCN(C(=O)OCc2ccccc2)CC1. The molecule has 3 amide bonds. The lowest BCUT2D eigenvalue weighted by Gasteiger charge is -2.37. The number of nitrogens with one attached hydrogen (secondary N) is 3. The van der Waals surface area contributed by atoms with Crippen molar-refractivity contribution < 1.29 is 29.0 Å². The van der Waals surface area contributed by atoms with E-state index in [0.717, 1.165) is 5.56 Å². The number of amidine groups is 1. The van der Waals surface area contributed by atoms with E-state index in [0.29, 0.717) is 31.9 Å². The number of piperazine rings is 1. The van der Waals surface area contributed by atoms with Gasteiger partial charge in [0.25, 0.3) is 5.91 Å². The summed E-state index contributed by atoms with van der Waals surface area (Å²) in [5.74, 6) is -2.39. The quantitative estimate of drug-likeness (QED) is 0.233. The molecule has 1 atom stereocenters. The van der Waals surface area contributed by atoms with E-state index in [1.54, 1.807) is 21.9 Å². The molecular formula is C25H30N6O6. The zero-order valence-corrected chi connectivity index (χ0v) is 20.2.